The third kappa shape index (κ3) is 6.12. The standard InChI is InChI=1S/C30H34ClN3O5/c31-27-18-24(8-5-23(27)19-32)34-29(20-3-1-2-4-20)26-10-6-21-17-22(7-9-25(21)28(26)33-34)30(36)39-16-15-38-14-13-37-12-11-35/h5,7-9,17-18,20,26,29,35H,1-4,6,10-16H2/t26-,29-/m0/s1. The van der Waals surface area contributed by atoms with Gasteiger partial charge in [-0.1, -0.05) is 30.5 Å². The number of nitrogens with zero attached hydrogens (tertiary/aromatic N) is 3. The lowest BCUT2D eigenvalue weighted by molar-refractivity contribution is 0.00919. The van der Waals surface area contributed by atoms with Crippen LogP contribution in [0.1, 0.15) is 59.2 Å². The number of ether oxygens (including phenoxy) is 3. The first kappa shape index (κ1) is 27.6. The summed E-state index contributed by atoms with van der Waals surface area (Å²) >= 11 is 6.41. The summed E-state index contributed by atoms with van der Waals surface area (Å²) in [6.45, 7) is 1.49. The molecule has 2 aliphatic carbocycles. The van der Waals surface area contributed by atoms with E-state index in [1.165, 1.54) is 25.7 Å². The number of rotatable bonds is 11. The minimum Gasteiger partial charge on any atom is -0.460 e. The van der Waals surface area contributed by atoms with Crippen LogP contribution in [0.3, 0.4) is 0 Å². The van der Waals surface area contributed by atoms with Gasteiger partial charge in [-0.2, -0.15) is 10.4 Å². The zero-order valence-electron chi connectivity index (χ0n) is 22.0. The minimum absolute atomic E-state index is 0.0161. The Kier molecular flexibility index (Phi) is 9.15. The average molecular weight is 552 g/mol. The molecule has 2 atom stereocenters. The molecule has 8 nitrogen and oxygen atoms in total. The second-order valence-corrected chi connectivity index (χ2v) is 10.6. The van der Waals surface area contributed by atoms with Crippen LogP contribution in [0.25, 0.3) is 0 Å². The fourth-order valence-electron chi connectivity index (χ4n) is 6.10. The van der Waals surface area contributed by atoms with Crippen molar-refractivity contribution in [3.63, 3.8) is 0 Å². The van der Waals surface area contributed by atoms with Crippen molar-refractivity contribution < 1.29 is 24.1 Å². The van der Waals surface area contributed by atoms with E-state index in [4.69, 9.17) is 36.0 Å². The van der Waals surface area contributed by atoms with E-state index in [2.05, 4.69) is 11.1 Å². The number of hydrogen-bond donors (Lipinski definition) is 1. The Bertz CT molecular complexity index is 1250. The molecular weight excluding hydrogens is 518 g/mol. The van der Waals surface area contributed by atoms with E-state index in [1.807, 2.05) is 30.3 Å². The van der Waals surface area contributed by atoms with Crippen LogP contribution in [0.4, 0.5) is 5.69 Å². The number of nitriles is 1. The maximum Gasteiger partial charge on any atom is 0.338 e. The topological polar surface area (TPSA) is 104 Å². The van der Waals surface area contributed by atoms with E-state index >= 15 is 0 Å². The van der Waals surface area contributed by atoms with Crippen LogP contribution in [0.5, 0.6) is 0 Å². The molecule has 3 aliphatic rings. The lowest BCUT2D eigenvalue weighted by Crippen LogP contribution is -2.40. The quantitative estimate of drug-likeness (QED) is 0.318. The predicted octanol–water partition coefficient (Wildman–Crippen LogP) is 4.74. The molecule has 39 heavy (non-hydrogen) atoms. The summed E-state index contributed by atoms with van der Waals surface area (Å²) < 4.78 is 15.9. The van der Waals surface area contributed by atoms with Crippen LogP contribution in [-0.2, 0) is 20.6 Å². The van der Waals surface area contributed by atoms with Crippen molar-refractivity contribution in [2.24, 2.45) is 16.9 Å². The van der Waals surface area contributed by atoms with Gasteiger partial charge in [0.05, 0.1) is 66.6 Å². The number of fused-ring (bicyclic) bond motifs is 3. The first-order chi connectivity index (χ1) is 19.1. The van der Waals surface area contributed by atoms with Crippen LogP contribution in [0.15, 0.2) is 41.5 Å². The highest BCUT2D eigenvalue weighted by Crippen LogP contribution is 2.45. The largest absolute Gasteiger partial charge is 0.460 e. The van der Waals surface area contributed by atoms with Gasteiger partial charge < -0.3 is 19.3 Å². The Labute approximate surface area is 234 Å². The van der Waals surface area contributed by atoms with E-state index in [9.17, 15) is 10.1 Å². The van der Waals surface area contributed by atoms with Gasteiger partial charge in [0.2, 0.25) is 0 Å². The van der Waals surface area contributed by atoms with Crippen LogP contribution in [-0.4, -0.2) is 62.5 Å². The van der Waals surface area contributed by atoms with Crippen LogP contribution >= 0.6 is 11.6 Å². The molecule has 0 aromatic heterocycles. The predicted molar refractivity (Wildman–Crippen MR) is 148 cm³/mol. The van der Waals surface area contributed by atoms with Crippen molar-refractivity contribution in [3.05, 3.63) is 63.7 Å². The van der Waals surface area contributed by atoms with Gasteiger partial charge in [0.1, 0.15) is 12.7 Å². The van der Waals surface area contributed by atoms with Gasteiger partial charge in [-0.25, -0.2) is 4.79 Å². The molecule has 0 saturated heterocycles. The molecule has 0 amide bonds. The zero-order valence-corrected chi connectivity index (χ0v) is 22.7. The minimum atomic E-state index is -0.369. The van der Waals surface area contributed by atoms with Crippen molar-refractivity contribution in [2.45, 2.75) is 44.6 Å². The summed E-state index contributed by atoms with van der Waals surface area (Å²) in [7, 11) is 0. The highest BCUT2D eigenvalue weighted by atomic mass is 35.5. The number of aliphatic hydroxyl groups is 1. The lowest BCUT2D eigenvalue weighted by Gasteiger charge is -2.34. The molecule has 1 heterocycles. The Hall–Kier alpha value is -2.96. The van der Waals surface area contributed by atoms with Crippen LogP contribution in [0.2, 0.25) is 5.02 Å². The normalized spacial score (nSPS) is 20.3. The van der Waals surface area contributed by atoms with E-state index in [1.54, 1.807) is 6.07 Å². The number of aryl methyl sites for hydroxylation is 1. The van der Waals surface area contributed by atoms with E-state index in [0.717, 1.165) is 35.4 Å². The summed E-state index contributed by atoms with van der Waals surface area (Å²) in [6.07, 6.45) is 6.73. The molecule has 1 aliphatic heterocycles. The Morgan fingerprint density at radius 3 is 2.56 bits per heavy atom. The van der Waals surface area contributed by atoms with Crippen molar-refractivity contribution >= 4 is 29.0 Å². The highest BCUT2D eigenvalue weighted by Gasteiger charge is 2.45. The molecule has 2 aromatic rings. The number of halogens is 1. The molecule has 9 heteroatoms. The van der Waals surface area contributed by atoms with Gasteiger partial charge in [0.25, 0.3) is 0 Å². The zero-order chi connectivity index (χ0) is 27.2. The summed E-state index contributed by atoms with van der Waals surface area (Å²) in [6, 6.07) is 13.7. The third-order valence-corrected chi connectivity index (χ3v) is 8.20. The van der Waals surface area contributed by atoms with Gasteiger partial charge in [-0.05, 0) is 67.5 Å². The number of aliphatic hydroxyl groups excluding tert-OH is 1. The number of hydrazone groups is 1. The third-order valence-electron chi connectivity index (χ3n) is 7.89. The van der Waals surface area contributed by atoms with Crippen LogP contribution in [0, 0.1) is 23.2 Å². The molecule has 206 valence electrons. The highest BCUT2D eigenvalue weighted by molar-refractivity contribution is 6.32. The van der Waals surface area contributed by atoms with E-state index < -0.39 is 0 Å². The first-order valence-electron chi connectivity index (χ1n) is 13.7. The van der Waals surface area contributed by atoms with Crippen LogP contribution < -0.4 is 5.01 Å². The number of carbonyl (C=O) groups is 1. The number of hydrogen-bond acceptors (Lipinski definition) is 8. The molecule has 0 spiro atoms. The van der Waals surface area contributed by atoms with Gasteiger partial charge in [-0.15, -0.1) is 0 Å². The Morgan fingerprint density at radius 1 is 1.05 bits per heavy atom. The molecule has 5 rings (SSSR count). The fourth-order valence-corrected chi connectivity index (χ4v) is 6.31. The van der Waals surface area contributed by atoms with Gasteiger partial charge >= 0.3 is 5.97 Å². The fraction of sp³-hybridized carbons (Fsp3) is 0.500. The summed E-state index contributed by atoms with van der Waals surface area (Å²) in [5, 5.41) is 25.8. The number of anilines is 1. The maximum atomic E-state index is 12.7. The van der Waals surface area contributed by atoms with E-state index in [-0.39, 0.29) is 38.4 Å². The maximum absolute atomic E-state index is 12.7. The lowest BCUT2D eigenvalue weighted by atomic mass is 9.75. The number of esters is 1. The first-order valence-corrected chi connectivity index (χ1v) is 14.1. The molecule has 2 aromatic carbocycles. The molecule has 1 N–H and O–H groups in total. The monoisotopic (exact) mass is 551 g/mol. The SMILES string of the molecule is N#Cc1ccc(N2N=C3c4ccc(C(=O)OCCOCCOCCO)cc4CC[C@@H]3[C@@H]2C2CCCC2)cc1Cl. The second kappa shape index (κ2) is 12.9. The van der Waals surface area contributed by atoms with Gasteiger partial charge in [-0.3, -0.25) is 5.01 Å². The molecule has 1 saturated carbocycles. The molecule has 0 unspecified atom stereocenters. The number of carbonyl (C=O) groups excluding carboxylic acids is 1. The molecule has 1 fully saturated rings. The number of benzene rings is 2. The second-order valence-electron chi connectivity index (χ2n) is 10.2. The summed E-state index contributed by atoms with van der Waals surface area (Å²) in [5.41, 5.74) is 5.19. The van der Waals surface area contributed by atoms with E-state index in [0.29, 0.717) is 41.2 Å². The Balaban J connectivity index is 1.30. The van der Waals surface area contributed by atoms with Gasteiger partial charge in [0.15, 0.2) is 0 Å². The summed E-state index contributed by atoms with van der Waals surface area (Å²) in [4.78, 5) is 12.7. The van der Waals surface area contributed by atoms with Crippen molar-refractivity contribution in [2.75, 3.05) is 44.7 Å². The smallest absolute Gasteiger partial charge is 0.338 e. The molecule has 0 radical (unpaired) electrons. The van der Waals surface area contributed by atoms with Crippen molar-refractivity contribution in [3.8, 4) is 6.07 Å². The summed E-state index contributed by atoms with van der Waals surface area (Å²) in [5.74, 6) is 0.502. The van der Waals surface area contributed by atoms with Crippen molar-refractivity contribution in [1.82, 2.24) is 0 Å². The molecular formula is C30H34ClN3O5. The molecule has 0 bridgehead atoms. The Morgan fingerprint density at radius 2 is 1.82 bits per heavy atom. The van der Waals surface area contributed by atoms with Gasteiger partial charge in [0, 0.05) is 11.5 Å². The average Bonchev–Trinajstić information content (AvgIpc) is 3.62. The van der Waals surface area contributed by atoms with Crippen molar-refractivity contribution in [1.29, 1.82) is 5.26 Å².